The summed E-state index contributed by atoms with van der Waals surface area (Å²) in [5.41, 5.74) is 2.22. The number of aliphatic hydroxyl groups excluding tert-OH is 1. The van der Waals surface area contributed by atoms with Gasteiger partial charge in [-0.05, 0) is 25.2 Å². The van der Waals surface area contributed by atoms with Gasteiger partial charge in [0.25, 0.3) is 0 Å². The van der Waals surface area contributed by atoms with Crippen molar-refractivity contribution in [2.45, 2.75) is 45.3 Å². The van der Waals surface area contributed by atoms with Crippen molar-refractivity contribution in [3.63, 3.8) is 0 Å². The van der Waals surface area contributed by atoms with Gasteiger partial charge in [-0.1, -0.05) is 13.3 Å². The quantitative estimate of drug-likeness (QED) is 0.814. The van der Waals surface area contributed by atoms with E-state index in [1.807, 2.05) is 7.05 Å². The molecule has 2 unspecified atom stereocenters. The maximum absolute atomic E-state index is 9.81. The zero-order valence-electron chi connectivity index (χ0n) is 12.1. The number of aryl methyl sites for hydroxylation is 2. The van der Waals surface area contributed by atoms with E-state index in [1.54, 1.807) is 11.8 Å². The monoisotopic (exact) mass is 267 g/mol. The molecule has 0 bridgehead atoms. The van der Waals surface area contributed by atoms with Crippen molar-refractivity contribution in [3.05, 3.63) is 11.3 Å². The van der Waals surface area contributed by atoms with Crippen molar-refractivity contribution >= 4 is 0 Å². The Bertz CT molecular complexity index is 417. The average molecular weight is 267 g/mol. The lowest BCUT2D eigenvalue weighted by Gasteiger charge is -2.15. The van der Waals surface area contributed by atoms with Crippen LogP contribution in [-0.2, 0) is 20.0 Å². The Balaban J connectivity index is 1.95. The molecular formula is C14H25N3O2. The Morgan fingerprint density at radius 1 is 1.47 bits per heavy atom. The molecule has 1 aromatic heterocycles. The van der Waals surface area contributed by atoms with E-state index in [9.17, 15) is 5.11 Å². The van der Waals surface area contributed by atoms with Gasteiger partial charge >= 0.3 is 0 Å². The number of nitrogens with zero attached hydrogens (tertiary/aromatic N) is 2. The lowest BCUT2D eigenvalue weighted by Crippen LogP contribution is -2.27. The molecule has 108 valence electrons. The number of aliphatic hydroxyl groups is 1. The number of ether oxygens (including phenoxy) is 1. The molecule has 0 spiro atoms. The minimum atomic E-state index is -0.131. The van der Waals surface area contributed by atoms with Crippen molar-refractivity contribution in [2.24, 2.45) is 13.0 Å². The molecule has 0 saturated heterocycles. The Morgan fingerprint density at radius 3 is 2.84 bits per heavy atom. The van der Waals surface area contributed by atoms with Gasteiger partial charge in [0.2, 0.25) is 5.88 Å². The van der Waals surface area contributed by atoms with Crippen molar-refractivity contribution in [2.75, 3.05) is 13.7 Å². The first-order chi connectivity index (χ1) is 9.17. The maximum atomic E-state index is 9.81. The molecule has 1 fully saturated rings. The van der Waals surface area contributed by atoms with Crippen molar-refractivity contribution in [1.82, 2.24) is 15.1 Å². The summed E-state index contributed by atoms with van der Waals surface area (Å²) in [7, 11) is 3.59. The minimum absolute atomic E-state index is 0.131. The van der Waals surface area contributed by atoms with Crippen LogP contribution in [0.3, 0.4) is 0 Å². The van der Waals surface area contributed by atoms with Crippen LogP contribution >= 0.6 is 0 Å². The van der Waals surface area contributed by atoms with Gasteiger partial charge in [0, 0.05) is 20.1 Å². The summed E-state index contributed by atoms with van der Waals surface area (Å²) in [4.78, 5) is 0. The molecule has 2 atom stereocenters. The lowest BCUT2D eigenvalue weighted by atomic mass is 10.1. The number of nitrogens with one attached hydrogen (secondary N) is 1. The van der Waals surface area contributed by atoms with Crippen LogP contribution in [-0.4, -0.2) is 34.6 Å². The fraction of sp³-hybridized carbons (Fsp3) is 0.786. The summed E-state index contributed by atoms with van der Waals surface area (Å²) in [6.07, 6.45) is 3.99. The SMILES string of the molecule is CCc1nn(C)c(OC)c1CNCC1CCCC1O. The van der Waals surface area contributed by atoms with Crippen LogP contribution in [0.25, 0.3) is 0 Å². The average Bonchev–Trinajstić information content (AvgIpc) is 2.93. The third-order valence-electron chi connectivity index (χ3n) is 4.03. The molecule has 0 amide bonds. The van der Waals surface area contributed by atoms with Crippen molar-refractivity contribution in [1.29, 1.82) is 0 Å². The zero-order chi connectivity index (χ0) is 13.8. The number of rotatable bonds is 6. The first-order valence-corrected chi connectivity index (χ1v) is 7.14. The van der Waals surface area contributed by atoms with E-state index < -0.39 is 0 Å². The van der Waals surface area contributed by atoms with Gasteiger partial charge in [-0.15, -0.1) is 0 Å². The molecule has 5 nitrogen and oxygen atoms in total. The zero-order valence-corrected chi connectivity index (χ0v) is 12.1. The van der Waals surface area contributed by atoms with E-state index in [0.717, 1.165) is 55.9 Å². The number of hydrogen-bond donors (Lipinski definition) is 2. The molecule has 0 aliphatic heterocycles. The van der Waals surface area contributed by atoms with Gasteiger partial charge in [0.05, 0.1) is 24.5 Å². The largest absolute Gasteiger partial charge is 0.481 e. The van der Waals surface area contributed by atoms with E-state index in [2.05, 4.69) is 17.3 Å². The van der Waals surface area contributed by atoms with E-state index in [0.29, 0.717) is 5.92 Å². The topological polar surface area (TPSA) is 59.3 Å². The minimum Gasteiger partial charge on any atom is -0.481 e. The van der Waals surface area contributed by atoms with Crippen LogP contribution in [0.2, 0.25) is 0 Å². The second-order valence-corrected chi connectivity index (χ2v) is 5.30. The van der Waals surface area contributed by atoms with E-state index in [-0.39, 0.29) is 6.10 Å². The number of hydrogen-bond acceptors (Lipinski definition) is 4. The van der Waals surface area contributed by atoms with Gasteiger partial charge in [0.1, 0.15) is 0 Å². The predicted molar refractivity (Wildman–Crippen MR) is 74.2 cm³/mol. The smallest absolute Gasteiger partial charge is 0.216 e. The van der Waals surface area contributed by atoms with Gasteiger partial charge in [-0.25, -0.2) is 4.68 Å². The highest BCUT2D eigenvalue weighted by Crippen LogP contribution is 2.25. The van der Waals surface area contributed by atoms with E-state index in [1.165, 1.54) is 0 Å². The molecule has 1 saturated carbocycles. The molecule has 1 aromatic rings. The highest BCUT2D eigenvalue weighted by molar-refractivity contribution is 5.31. The molecule has 19 heavy (non-hydrogen) atoms. The summed E-state index contributed by atoms with van der Waals surface area (Å²) in [5, 5.41) is 17.7. The standard InChI is InChI=1S/C14H25N3O2/c1-4-12-11(14(19-3)17(2)16-12)9-15-8-10-6-5-7-13(10)18/h10,13,15,18H,4-9H2,1-3H3. The van der Waals surface area contributed by atoms with Gasteiger partial charge < -0.3 is 15.2 Å². The van der Waals surface area contributed by atoms with Gasteiger partial charge in [-0.2, -0.15) is 5.10 Å². The van der Waals surface area contributed by atoms with Gasteiger partial charge in [-0.3, -0.25) is 0 Å². The normalized spacial score (nSPS) is 22.9. The molecule has 1 heterocycles. The summed E-state index contributed by atoms with van der Waals surface area (Å²) in [6.45, 7) is 3.72. The van der Waals surface area contributed by atoms with Crippen LogP contribution in [0.5, 0.6) is 5.88 Å². The molecule has 0 aromatic carbocycles. The van der Waals surface area contributed by atoms with Crippen LogP contribution in [0.4, 0.5) is 0 Å². The molecule has 2 N–H and O–H groups in total. The number of aromatic nitrogens is 2. The van der Waals surface area contributed by atoms with Crippen LogP contribution < -0.4 is 10.1 Å². The third kappa shape index (κ3) is 3.09. The number of methoxy groups -OCH3 is 1. The Labute approximate surface area is 115 Å². The van der Waals surface area contributed by atoms with Crippen LogP contribution in [0.1, 0.15) is 37.4 Å². The molecule has 2 rings (SSSR count). The first-order valence-electron chi connectivity index (χ1n) is 7.14. The first kappa shape index (κ1) is 14.3. The van der Waals surface area contributed by atoms with Crippen molar-refractivity contribution in [3.8, 4) is 5.88 Å². The molecule has 1 aliphatic rings. The highest BCUT2D eigenvalue weighted by Gasteiger charge is 2.25. The summed E-state index contributed by atoms with van der Waals surface area (Å²) >= 11 is 0. The highest BCUT2D eigenvalue weighted by atomic mass is 16.5. The Morgan fingerprint density at radius 2 is 2.26 bits per heavy atom. The summed E-state index contributed by atoms with van der Waals surface area (Å²) in [6, 6.07) is 0. The second-order valence-electron chi connectivity index (χ2n) is 5.30. The van der Waals surface area contributed by atoms with E-state index in [4.69, 9.17) is 4.74 Å². The fourth-order valence-corrected chi connectivity index (χ4v) is 2.96. The molecule has 1 aliphatic carbocycles. The lowest BCUT2D eigenvalue weighted by molar-refractivity contribution is 0.131. The summed E-state index contributed by atoms with van der Waals surface area (Å²) < 4.78 is 7.21. The second kappa shape index (κ2) is 6.39. The third-order valence-corrected chi connectivity index (χ3v) is 4.03. The Hall–Kier alpha value is -1.07. The molecular weight excluding hydrogens is 242 g/mol. The molecule has 5 heteroatoms. The van der Waals surface area contributed by atoms with E-state index >= 15 is 0 Å². The summed E-state index contributed by atoms with van der Waals surface area (Å²) in [5.74, 6) is 1.23. The van der Waals surface area contributed by atoms with Gasteiger partial charge in [0.15, 0.2) is 0 Å². The van der Waals surface area contributed by atoms with Crippen molar-refractivity contribution < 1.29 is 9.84 Å². The Kier molecular flexibility index (Phi) is 4.82. The molecule has 0 radical (unpaired) electrons. The van der Waals surface area contributed by atoms with Crippen LogP contribution in [0.15, 0.2) is 0 Å². The maximum Gasteiger partial charge on any atom is 0.216 e. The fourth-order valence-electron chi connectivity index (χ4n) is 2.96. The predicted octanol–water partition coefficient (Wildman–Crippen LogP) is 1.24. The van der Waals surface area contributed by atoms with Crippen LogP contribution in [0, 0.1) is 5.92 Å².